The van der Waals surface area contributed by atoms with E-state index in [-0.39, 0.29) is 12.0 Å². The number of ether oxygens (including phenoxy) is 2. The van der Waals surface area contributed by atoms with Crippen LogP contribution in [-0.2, 0) is 9.53 Å². The number of hydrogen-bond acceptors (Lipinski definition) is 7. The van der Waals surface area contributed by atoms with E-state index in [1.807, 2.05) is 49.3 Å². The number of piperazine rings is 1. The molecule has 10 heteroatoms. The SMILES string of the molecule is CCCC(C)OC(=O)Nc1ccc(-c2nc([C@H]3CC[C@@H](N4CCN(C(C)=O)CC4)CC3)n3ccnc(C)c23)cc1OC. The lowest BCUT2D eigenvalue weighted by Gasteiger charge is -2.41. The molecule has 0 radical (unpaired) electrons. The number of aryl methyl sites for hydroxylation is 1. The van der Waals surface area contributed by atoms with Gasteiger partial charge in [0, 0.05) is 63.0 Å². The Morgan fingerprint density at radius 3 is 2.52 bits per heavy atom. The van der Waals surface area contributed by atoms with Crippen molar-refractivity contribution in [3.05, 3.63) is 42.1 Å². The summed E-state index contributed by atoms with van der Waals surface area (Å²) in [5.74, 6) is 2.14. The maximum Gasteiger partial charge on any atom is 0.412 e. The second kappa shape index (κ2) is 13.1. The van der Waals surface area contributed by atoms with Gasteiger partial charge >= 0.3 is 6.09 Å². The smallest absolute Gasteiger partial charge is 0.412 e. The van der Waals surface area contributed by atoms with E-state index in [0.29, 0.717) is 23.4 Å². The Morgan fingerprint density at radius 2 is 1.86 bits per heavy atom. The molecule has 2 aromatic heterocycles. The molecule has 1 saturated heterocycles. The lowest BCUT2D eigenvalue weighted by molar-refractivity contribution is -0.131. The van der Waals surface area contributed by atoms with Gasteiger partial charge in [-0.25, -0.2) is 9.78 Å². The summed E-state index contributed by atoms with van der Waals surface area (Å²) in [7, 11) is 1.59. The van der Waals surface area contributed by atoms with E-state index in [2.05, 4.69) is 26.5 Å². The third-order valence-electron chi connectivity index (χ3n) is 8.82. The number of nitrogens with one attached hydrogen (secondary N) is 1. The molecule has 3 aromatic rings. The molecule has 1 aliphatic heterocycles. The monoisotopic (exact) mass is 576 g/mol. The third kappa shape index (κ3) is 6.38. The summed E-state index contributed by atoms with van der Waals surface area (Å²) < 4.78 is 13.3. The second-order valence-corrected chi connectivity index (χ2v) is 11.6. The molecule has 2 amide bonds. The van der Waals surface area contributed by atoms with Crippen LogP contribution in [0.2, 0.25) is 0 Å². The molecule has 0 bridgehead atoms. The van der Waals surface area contributed by atoms with Crippen molar-refractivity contribution < 1.29 is 19.1 Å². The van der Waals surface area contributed by atoms with Gasteiger partial charge in [-0.3, -0.25) is 24.4 Å². The molecule has 42 heavy (non-hydrogen) atoms. The Kier molecular flexibility index (Phi) is 9.30. The first-order chi connectivity index (χ1) is 20.3. The molecular formula is C32H44N6O4. The van der Waals surface area contributed by atoms with Crippen LogP contribution in [-0.4, -0.2) is 81.6 Å². The number of nitrogens with zero attached hydrogens (tertiary/aromatic N) is 5. The molecule has 1 unspecified atom stereocenters. The molecule has 5 rings (SSSR count). The van der Waals surface area contributed by atoms with E-state index in [1.165, 1.54) is 0 Å². The number of aromatic nitrogens is 3. The Hall–Kier alpha value is -3.66. The molecule has 1 aromatic carbocycles. The van der Waals surface area contributed by atoms with Gasteiger partial charge in [-0.2, -0.15) is 0 Å². The lowest BCUT2D eigenvalue weighted by atomic mass is 9.84. The fourth-order valence-corrected chi connectivity index (χ4v) is 6.54. The molecule has 1 atom stereocenters. The normalized spacial score (nSPS) is 20.4. The van der Waals surface area contributed by atoms with Crippen LogP contribution in [0.5, 0.6) is 5.75 Å². The minimum atomic E-state index is -0.492. The number of benzene rings is 1. The topological polar surface area (TPSA) is 101 Å². The van der Waals surface area contributed by atoms with E-state index in [9.17, 15) is 9.59 Å². The highest BCUT2D eigenvalue weighted by molar-refractivity contribution is 5.89. The molecular weight excluding hydrogens is 532 g/mol. The van der Waals surface area contributed by atoms with Gasteiger partial charge in [-0.1, -0.05) is 19.4 Å². The van der Waals surface area contributed by atoms with E-state index >= 15 is 0 Å². The summed E-state index contributed by atoms with van der Waals surface area (Å²) in [6.45, 7) is 11.2. The highest BCUT2D eigenvalue weighted by atomic mass is 16.6. The summed E-state index contributed by atoms with van der Waals surface area (Å²) in [5, 5.41) is 2.83. The predicted molar refractivity (Wildman–Crippen MR) is 163 cm³/mol. The number of fused-ring (bicyclic) bond motifs is 1. The van der Waals surface area contributed by atoms with Gasteiger partial charge < -0.3 is 14.4 Å². The largest absolute Gasteiger partial charge is 0.495 e. The Bertz CT molecular complexity index is 1410. The molecule has 1 aliphatic carbocycles. The number of rotatable bonds is 8. The van der Waals surface area contributed by atoms with E-state index in [0.717, 1.165) is 93.0 Å². The minimum Gasteiger partial charge on any atom is -0.495 e. The molecule has 1 saturated carbocycles. The highest BCUT2D eigenvalue weighted by Crippen LogP contribution is 2.39. The van der Waals surface area contributed by atoms with Crippen LogP contribution in [0.1, 0.15) is 76.7 Å². The number of carbonyl (C=O) groups is 2. The number of carbonyl (C=O) groups excluding carboxylic acids is 2. The Labute approximate surface area is 248 Å². The van der Waals surface area contributed by atoms with Crippen molar-refractivity contribution in [3.8, 4) is 17.0 Å². The summed E-state index contributed by atoms with van der Waals surface area (Å²) in [6, 6.07) is 6.28. The molecule has 2 fully saturated rings. The Morgan fingerprint density at radius 1 is 1.12 bits per heavy atom. The van der Waals surface area contributed by atoms with Crippen molar-refractivity contribution in [3.63, 3.8) is 0 Å². The third-order valence-corrected chi connectivity index (χ3v) is 8.82. The van der Waals surface area contributed by atoms with Crippen LogP contribution in [0.4, 0.5) is 10.5 Å². The predicted octanol–water partition coefficient (Wildman–Crippen LogP) is 5.64. The van der Waals surface area contributed by atoms with Crippen LogP contribution in [0.15, 0.2) is 30.6 Å². The van der Waals surface area contributed by atoms with Crippen LogP contribution in [0.25, 0.3) is 16.8 Å². The standard InChI is InChI=1S/C32H44N6O4/c1-6-7-21(2)42-32(40)34-27-13-10-25(20-28(27)41-5)29-30-22(3)33-14-15-38(30)31(35-29)24-8-11-26(12-9-24)37-18-16-36(17-19-37)23(4)39/h10,13-15,20-21,24,26H,6-9,11-12,16-19H2,1-5H3,(H,34,40)/t21?,24-,26+. The van der Waals surface area contributed by atoms with Gasteiger partial charge in [0.25, 0.3) is 0 Å². The number of imidazole rings is 1. The average Bonchev–Trinajstić information content (AvgIpc) is 3.38. The zero-order valence-electron chi connectivity index (χ0n) is 25.6. The van der Waals surface area contributed by atoms with Crippen LogP contribution in [0, 0.1) is 6.92 Å². The van der Waals surface area contributed by atoms with Crippen molar-refractivity contribution in [2.45, 2.75) is 84.3 Å². The van der Waals surface area contributed by atoms with Gasteiger partial charge in [0.05, 0.1) is 29.7 Å². The van der Waals surface area contributed by atoms with Crippen LogP contribution >= 0.6 is 0 Å². The minimum absolute atomic E-state index is 0.155. The van der Waals surface area contributed by atoms with Crippen LogP contribution in [0.3, 0.4) is 0 Å². The summed E-state index contributed by atoms with van der Waals surface area (Å²) in [6.07, 6.45) is 9.36. The van der Waals surface area contributed by atoms with Crippen molar-refractivity contribution in [1.29, 1.82) is 0 Å². The fourth-order valence-electron chi connectivity index (χ4n) is 6.54. The van der Waals surface area contributed by atoms with E-state index in [1.54, 1.807) is 14.0 Å². The summed E-state index contributed by atoms with van der Waals surface area (Å²) in [4.78, 5) is 38.5. The van der Waals surface area contributed by atoms with Crippen molar-refractivity contribution in [1.82, 2.24) is 24.2 Å². The van der Waals surface area contributed by atoms with Gasteiger partial charge in [-0.05, 0) is 58.1 Å². The first kappa shape index (κ1) is 29.8. The molecule has 0 spiro atoms. The van der Waals surface area contributed by atoms with Crippen molar-refractivity contribution in [2.75, 3.05) is 38.6 Å². The molecule has 2 aliphatic rings. The van der Waals surface area contributed by atoms with Gasteiger partial charge in [0.1, 0.15) is 17.7 Å². The van der Waals surface area contributed by atoms with E-state index in [4.69, 9.17) is 14.5 Å². The van der Waals surface area contributed by atoms with Gasteiger partial charge in [0.2, 0.25) is 5.91 Å². The summed E-state index contributed by atoms with van der Waals surface area (Å²) >= 11 is 0. The Balaban J connectivity index is 1.34. The number of anilines is 1. The number of methoxy groups -OCH3 is 1. The number of hydrogen-bond donors (Lipinski definition) is 1. The quantitative estimate of drug-likeness (QED) is 0.370. The highest BCUT2D eigenvalue weighted by Gasteiger charge is 2.32. The molecule has 1 N–H and O–H groups in total. The van der Waals surface area contributed by atoms with E-state index < -0.39 is 6.09 Å². The zero-order valence-corrected chi connectivity index (χ0v) is 25.6. The maximum absolute atomic E-state index is 12.5. The second-order valence-electron chi connectivity index (χ2n) is 11.6. The number of amides is 2. The van der Waals surface area contributed by atoms with Crippen LogP contribution < -0.4 is 10.1 Å². The molecule has 10 nitrogen and oxygen atoms in total. The summed E-state index contributed by atoms with van der Waals surface area (Å²) in [5.41, 5.74) is 4.23. The lowest BCUT2D eigenvalue weighted by Crippen LogP contribution is -2.52. The van der Waals surface area contributed by atoms with Gasteiger partial charge in [0.15, 0.2) is 0 Å². The van der Waals surface area contributed by atoms with Gasteiger partial charge in [-0.15, -0.1) is 0 Å². The molecule has 226 valence electrons. The fraction of sp³-hybridized carbons (Fsp3) is 0.562. The first-order valence-corrected chi connectivity index (χ1v) is 15.3. The molecule has 3 heterocycles. The van der Waals surface area contributed by atoms with Crippen molar-refractivity contribution >= 4 is 23.2 Å². The average molecular weight is 577 g/mol. The first-order valence-electron chi connectivity index (χ1n) is 15.3. The zero-order chi connectivity index (χ0) is 29.8. The van der Waals surface area contributed by atoms with Crippen molar-refractivity contribution in [2.24, 2.45) is 0 Å². The maximum atomic E-state index is 12.5.